The third kappa shape index (κ3) is 5.91. The fraction of sp³-hybridized carbons (Fsp3) is 0.923. The minimum atomic E-state index is 0.0847. The number of piperidine rings is 1. The van der Waals surface area contributed by atoms with Crippen molar-refractivity contribution in [2.45, 2.75) is 46.1 Å². The number of hydrogen-bond donors (Lipinski definition) is 1. The molecular weight excluding hydrogens is 216 g/mol. The van der Waals surface area contributed by atoms with Gasteiger partial charge in [-0.3, -0.25) is 0 Å². The Balaban J connectivity index is 2.05. The number of likely N-dealkylation sites (tertiary alicyclic amines) is 1. The molecule has 0 bridgehead atoms. The minimum absolute atomic E-state index is 0.0847. The molecule has 1 saturated heterocycles. The number of nitrogens with one attached hydrogen (secondary N) is 1. The van der Waals surface area contributed by atoms with E-state index in [0.29, 0.717) is 6.54 Å². The molecule has 0 spiro atoms. The zero-order chi connectivity index (χ0) is 12.7. The molecular formula is C13H26N2O2. The van der Waals surface area contributed by atoms with E-state index in [0.717, 1.165) is 44.9 Å². The summed E-state index contributed by atoms with van der Waals surface area (Å²) in [5, 5.41) is 2.95. The van der Waals surface area contributed by atoms with Crippen molar-refractivity contribution in [1.82, 2.24) is 10.2 Å². The van der Waals surface area contributed by atoms with Gasteiger partial charge in [-0.25, -0.2) is 4.79 Å². The summed E-state index contributed by atoms with van der Waals surface area (Å²) in [7, 11) is 0. The molecule has 0 aromatic carbocycles. The van der Waals surface area contributed by atoms with Gasteiger partial charge in [0.15, 0.2) is 0 Å². The minimum Gasteiger partial charge on any atom is -0.379 e. The van der Waals surface area contributed by atoms with Gasteiger partial charge in [0.1, 0.15) is 0 Å². The molecule has 0 aromatic heterocycles. The molecule has 4 nitrogen and oxygen atoms in total. The first-order valence-corrected chi connectivity index (χ1v) is 6.74. The molecule has 1 rings (SSSR count). The first-order valence-electron chi connectivity index (χ1n) is 6.74. The van der Waals surface area contributed by atoms with Crippen molar-refractivity contribution in [3.63, 3.8) is 0 Å². The van der Waals surface area contributed by atoms with Crippen LogP contribution < -0.4 is 5.32 Å². The van der Waals surface area contributed by atoms with Crippen molar-refractivity contribution in [3.05, 3.63) is 0 Å². The molecule has 0 aliphatic carbocycles. The predicted molar refractivity (Wildman–Crippen MR) is 69.1 cm³/mol. The van der Waals surface area contributed by atoms with E-state index < -0.39 is 0 Å². The highest BCUT2D eigenvalue weighted by atomic mass is 16.5. The number of carbonyl (C=O) groups excluding carboxylic acids is 1. The third-order valence-corrected chi connectivity index (χ3v) is 3.12. The smallest absolute Gasteiger partial charge is 0.317 e. The Hall–Kier alpha value is -0.770. The number of hydrogen-bond acceptors (Lipinski definition) is 2. The summed E-state index contributed by atoms with van der Waals surface area (Å²) in [6, 6.07) is 0.0847. The molecule has 0 radical (unpaired) electrons. The largest absolute Gasteiger partial charge is 0.379 e. The van der Waals surface area contributed by atoms with E-state index in [1.165, 1.54) is 0 Å². The summed E-state index contributed by atoms with van der Waals surface area (Å²) >= 11 is 0. The van der Waals surface area contributed by atoms with Crippen LogP contribution in [0.4, 0.5) is 4.79 Å². The number of ether oxygens (including phenoxy) is 1. The molecule has 0 aromatic rings. The van der Waals surface area contributed by atoms with Crippen LogP contribution >= 0.6 is 0 Å². The van der Waals surface area contributed by atoms with E-state index in [9.17, 15) is 4.79 Å². The van der Waals surface area contributed by atoms with E-state index in [1.807, 2.05) is 18.7 Å². The van der Waals surface area contributed by atoms with Gasteiger partial charge in [-0.1, -0.05) is 6.92 Å². The van der Waals surface area contributed by atoms with Gasteiger partial charge in [0.05, 0.1) is 6.10 Å². The lowest BCUT2D eigenvalue weighted by Gasteiger charge is -2.30. The highest BCUT2D eigenvalue weighted by Crippen LogP contribution is 2.15. The number of carbonyl (C=O) groups is 1. The second-order valence-corrected chi connectivity index (χ2v) is 5.17. The lowest BCUT2D eigenvalue weighted by Crippen LogP contribution is -2.44. The number of nitrogens with zero attached hydrogens (tertiary/aromatic N) is 1. The van der Waals surface area contributed by atoms with Crippen molar-refractivity contribution in [2.24, 2.45) is 5.92 Å². The maximum absolute atomic E-state index is 11.8. The van der Waals surface area contributed by atoms with Crippen LogP contribution in [-0.2, 0) is 4.74 Å². The highest BCUT2D eigenvalue weighted by molar-refractivity contribution is 5.74. The van der Waals surface area contributed by atoms with Crippen LogP contribution in [0.1, 0.15) is 40.0 Å². The Labute approximate surface area is 105 Å². The average Bonchev–Trinajstić information content (AvgIpc) is 2.29. The molecule has 0 unspecified atom stereocenters. The summed E-state index contributed by atoms with van der Waals surface area (Å²) in [5.74, 6) is 0.762. The van der Waals surface area contributed by atoms with Gasteiger partial charge < -0.3 is 15.0 Å². The molecule has 1 N–H and O–H groups in total. The molecule has 1 aliphatic rings. The van der Waals surface area contributed by atoms with Crippen LogP contribution in [0.2, 0.25) is 0 Å². The maximum Gasteiger partial charge on any atom is 0.317 e. The van der Waals surface area contributed by atoms with Gasteiger partial charge in [-0.05, 0) is 39.0 Å². The monoisotopic (exact) mass is 242 g/mol. The average molecular weight is 242 g/mol. The Morgan fingerprint density at radius 1 is 1.41 bits per heavy atom. The SMILES string of the molecule is CC1CCN(C(=O)NCCCOC(C)C)CC1. The Morgan fingerprint density at radius 3 is 2.65 bits per heavy atom. The summed E-state index contributed by atoms with van der Waals surface area (Å²) < 4.78 is 5.42. The Morgan fingerprint density at radius 2 is 2.06 bits per heavy atom. The van der Waals surface area contributed by atoms with Gasteiger partial charge in [0.2, 0.25) is 0 Å². The molecule has 0 saturated carbocycles. The van der Waals surface area contributed by atoms with Crippen LogP contribution in [0.5, 0.6) is 0 Å². The fourth-order valence-corrected chi connectivity index (χ4v) is 1.91. The maximum atomic E-state index is 11.8. The summed E-state index contributed by atoms with van der Waals surface area (Å²) in [5.41, 5.74) is 0. The zero-order valence-electron chi connectivity index (χ0n) is 11.4. The van der Waals surface area contributed by atoms with Crippen LogP contribution in [-0.4, -0.2) is 43.3 Å². The molecule has 0 atom stereocenters. The second-order valence-electron chi connectivity index (χ2n) is 5.17. The molecule has 1 aliphatic heterocycles. The van der Waals surface area contributed by atoms with Crippen molar-refractivity contribution < 1.29 is 9.53 Å². The first-order chi connectivity index (χ1) is 8.09. The molecule has 100 valence electrons. The van der Waals surface area contributed by atoms with Gasteiger partial charge >= 0.3 is 6.03 Å². The van der Waals surface area contributed by atoms with E-state index in [2.05, 4.69) is 12.2 Å². The highest BCUT2D eigenvalue weighted by Gasteiger charge is 2.19. The normalized spacial score (nSPS) is 17.5. The van der Waals surface area contributed by atoms with Crippen LogP contribution in [0.25, 0.3) is 0 Å². The van der Waals surface area contributed by atoms with E-state index >= 15 is 0 Å². The lowest BCUT2D eigenvalue weighted by atomic mass is 10.00. The summed E-state index contributed by atoms with van der Waals surface area (Å²) in [6.45, 7) is 9.51. The van der Waals surface area contributed by atoms with Crippen molar-refractivity contribution >= 4 is 6.03 Å². The lowest BCUT2D eigenvalue weighted by molar-refractivity contribution is 0.0770. The van der Waals surface area contributed by atoms with Gasteiger partial charge in [-0.15, -0.1) is 0 Å². The molecule has 17 heavy (non-hydrogen) atoms. The van der Waals surface area contributed by atoms with Crippen molar-refractivity contribution in [2.75, 3.05) is 26.2 Å². The fourth-order valence-electron chi connectivity index (χ4n) is 1.91. The number of rotatable bonds is 5. The standard InChI is InChI=1S/C13H26N2O2/c1-11(2)17-10-4-7-14-13(16)15-8-5-12(3)6-9-15/h11-12H,4-10H2,1-3H3,(H,14,16). The third-order valence-electron chi connectivity index (χ3n) is 3.12. The van der Waals surface area contributed by atoms with E-state index in [1.54, 1.807) is 0 Å². The topological polar surface area (TPSA) is 41.6 Å². The zero-order valence-corrected chi connectivity index (χ0v) is 11.4. The van der Waals surface area contributed by atoms with Crippen LogP contribution in [0.15, 0.2) is 0 Å². The van der Waals surface area contributed by atoms with Gasteiger partial charge in [-0.2, -0.15) is 0 Å². The summed E-state index contributed by atoms with van der Waals surface area (Å²) in [4.78, 5) is 13.7. The second kappa shape index (κ2) is 7.54. The molecule has 2 amide bonds. The van der Waals surface area contributed by atoms with Gasteiger partial charge in [0, 0.05) is 26.2 Å². The van der Waals surface area contributed by atoms with E-state index in [-0.39, 0.29) is 12.1 Å². The number of urea groups is 1. The first kappa shape index (κ1) is 14.3. The Bertz CT molecular complexity index is 223. The molecule has 1 fully saturated rings. The Kier molecular flexibility index (Phi) is 6.34. The molecule has 1 heterocycles. The van der Waals surface area contributed by atoms with E-state index in [4.69, 9.17) is 4.74 Å². The summed E-state index contributed by atoms with van der Waals surface area (Å²) in [6.07, 6.45) is 3.41. The van der Waals surface area contributed by atoms with Crippen molar-refractivity contribution in [1.29, 1.82) is 0 Å². The predicted octanol–water partition coefficient (Wildman–Crippen LogP) is 2.24. The molecule has 4 heteroatoms. The van der Waals surface area contributed by atoms with Gasteiger partial charge in [0.25, 0.3) is 0 Å². The number of amides is 2. The van der Waals surface area contributed by atoms with Crippen molar-refractivity contribution in [3.8, 4) is 0 Å². The quantitative estimate of drug-likeness (QED) is 0.751. The van der Waals surface area contributed by atoms with Crippen LogP contribution in [0, 0.1) is 5.92 Å². The van der Waals surface area contributed by atoms with Crippen LogP contribution in [0.3, 0.4) is 0 Å².